The molecule has 1 aliphatic carbocycles. The molecule has 0 unspecified atom stereocenters. The van der Waals surface area contributed by atoms with Crippen molar-refractivity contribution in [2.75, 3.05) is 11.9 Å². The number of nitrogens with zero attached hydrogens (tertiary/aromatic N) is 5. The second-order valence-electron chi connectivity index (χ2n) is 7.74. The highest BCUT2D eigenvalue weighted by Gasteiger charge is 2.36. The van der Waals surface area contributed by atoms with E-state index in [1.807, 2.05) is 0 Å². The molecule has 5 rings (SSSR count). The first kappa shape index (κ1) is 22.2. The number of ether oxygens (including phenoxy) is 1. The van der Waals surface area contributed by atoms with Crippen LogP contribution >= 0.6 is 11.3 Å². The van der Waals surface area contributed by atoms with Gasteiger partial charge in [0, 0.05) is 29.5 Å². The Kier molecular flexibility index (Phi) is 5.87. The largest absolute Gasteiger partial charge is 0.411 e. The van der Waals surface area contributed by atoms with Gasteiger partial charge in [0.05, 0.1) is 29.7 Å². The van der Waals surface area contributed by atoms with E-state index in [4.69, 9.17) is 4.74 Å². The van der Waals surface area contributed by atoms with Gasteiger partial charge < -0.3 is 10.1 Å². The molecule has 4 aromatic rings. The van der Waals surface area contributed by atoms with Gasteiger partial charge in [0.25, 0.3) is 5.91 Å². The van der Waals surface area contributed by atoms with Crippen molar-refractivity contribution in [1.29, 1.82) is 0 Å². The maximum atomic E-state index is 12.9. The lowest BCUT2D eigenvalue weighted by Gasteiger charge is -2.35. The highest BCUT2D eigenvalue weighted by molar-refractivity contribution is 7.13. The van der Waals surface area contributed by atoms with Gasteiger partial charge in [0.15, 0.2) is 0 Å². The fraction of sp³-hybridized carbons (Fsp3) is 0.286. The summed E-state index contributed by atoms with van der Waals surface area (Å²) in [5, 5.41) is 16.3. The van der Waals surface area contributed by atoms with Gasteiger partial charge in [-0.1, -0.05) is 6.07 Å². The summed E-state index contributed by atoms with van der Waals surface area (Å²) < 4.78 is 43.7. The fourth-order valence-electron chi connectivity index (χ4n) is 3.53. The molecular weight excluding hydrogens is 471 g/mol. The molecule has 1 fully saturated rings. The van der Waals surface area contributed by atoms with Crippen LogP contribution in [-0.4, -0.2) is 54.7 Å². The van der Waals surface area contributed by atoms with Crippen molar-refractivity contribution in [3.8, 4) is 22.0 Å². The van der Waals surface area contributed by atoms with Crippen molar-refractivity contribution < 1.29 is 22.7 Å². The monoisotopic (exact) mass is 489 g/mol. The van der Waals surface area contributed by atoms with Crippen LogP contribution in [-0.2, 0) is 4.74 Å². The zero-order valence-electron chi connectivity index (χ0n) is 17.5. The van der Waals surface area contributed by atoms with E-state index in [1.165, 1.54) is 11.3 Å². The third-order valence-electron chi connectivity index (χ3n) is 5.30. The summed E-state index contributed by atoms with van der Waals surface area (Å²) in [6, 6.07) is 5.19. The number of H-pyrrole nitrogens is 1. The molecule has 34 heavy (non-hydrogen) atoms. The summed E-state index contributed by atoms with van der Waals surface area (Å²) in [5.41, 5.74) is 2.46. The molecule has 0 radical (unpaired) electrons. The van der Waals surface area contributed by atoms with Crippen LogP contribution in [0, 0.1) is 0 Å². The molecule has 4 heterocycles. The van der Waals surface area contributed by atoms with Gasteiger partial charge in [-0.2, -0.15) is 23.4 Å². The normalized spacial score (nSPS) is 18.0. The van der Waals surface area contributed by atoms with Gasteiger partial charge in [-0.15, -0.1) is 11.3 Å². The average Bonchev–Trinajstić information content (AvgIpc) is 3.53. The summed E-state index contributed by atoms with van der Waals surface area (Å²) in [7, 11) is 0. The third-order valence-corrected chi connectivity index (χ3v) is 6.19. The number of halogens is 3. The third kappa shape index (κ3) is 4.84. The van der Waals surface area contributed by atoms with Crippen LogP contribution in [0.15, 0.2) is 48.4 Å². The summed E-state index contributed by atoms with van der Waals surface area (Å²) in [4.78, 5) is 21.6. The van der Waals surface area contributed by atoms with Crippen LogP contribution < -0.4 is 5.32 Å². The molecule has 0 saturated heterocycles. The standard InChI is InChI=1S/C21H18F3N7O2S/c22-21(23,24)11-33-14-5-13(6-14)31-9-16(18(30-31)15-3-1-2-4-25-15)28-19(32)17-10-34-20(29-17)12-7-26-27-8-12/h1-4,7-10,13-14H,5-6,11H2,(H,26,27)(H,28,32)/t13-,14-. The topological polar surface area (TPSA) is 111 Å². The predicted molar refractivity (Wildman–Crippen MR) is 117 cm³/mol. The van der Waals surface area contributed by atoms with Crippen molar-refractivity contribution in [3.63, 3.8) is 0 Å². The molecule has 4 aromatic heterocycles. The second-order valence-corrected chi connectivity index (χ2v) is 8.60. The van der Waals surface area contributed by atoms with Crippen LogP contribution in [0.5, 0.6) is 0 Å². The van der Waals surface area contributed by atoms with E-state index < -0.39 is 24.8 Å². The molecule has 0 spiro atoms. The van der Waals surface area contributed by atoms with E-state index in [-0.39, 0.29) is 11.7 Å². The van der Waals surface area contributed by atoms with E-state index in [2.05, 4.69) is 30.6 Å². The minimum absolute atomic E-state index is 0.140. The number of carbonyl (C=O) groups is 1. The summed E-state index contributed by atoms with van der Waals surface area (Å²) in [6.45, 7) is -1.27. The molecule has 0 bridgehead atoms. The zero-order valence-corrected chi connectivity index (χ0v) is 18.3. The van der Waals surface area contributed by atoms with E-state index >= 15 is 0 Å². The van der Waals surface area contributed by atoms with Gasteiger partial charge in [0.1, 0.15) is 23.0 Å². The SMILES string of the molecule is O=C(Nc1cn([C@H]2C[C@H](OCC(F)(F)F)C2)nc1-c1ccccn1)c1csc(-c2cn[nH]c2)n1. The molecule has 1 saturated carbocycles. The summed E-state index contributed by atoms with van der Waals surface area (Å²) >= 11 is 1.32. The molecule has 176 valence electrons. The zero-order chi connectivity index (χ0) is 23.7. The van der Waals surface area contributed by atoms with Crippen molar-refractivity contribution in [2.45, 2.75) is 31.2 Å². The van der Waals surface area contributed by atoms with Crippen LogP contribution in [0.1, 0.15) is 29.4 Å². The number of pyridine rings is 1. The smallest absolute Gasteiger partial charge is 0.369 e. The maximum absolute atomic E-state index is 12.9. The number of rotatable bonds is 7. The molecule has 0 atom stereocenters. The second kappa shape index (κ2) is 8.99. The Morgan fingerprint density at radius 2 is 2.18 bits per heavy atom. The van der Waals surface area contributed by atoms with Crippen molar-refractivity contribution >= 4 is 22.9 Å². The van der Waals surface area contributed by atoms with E-state index in [9.17, 15) is 18.0 Å². The quantitative estimate of drug-likeness (QED) is 0.400. The lowest BCUT2D eigenvalue weighted by Crippen LogP contribution is -2.36. The lowest BCUT2D eigenvalue weighted by molar-refractivity contribution is -0.196. The number of anilines is 1. The number of carbonyl (C=O) groups excluding carboxylic acids is 1. The number of aromatic nitrogens is 6. The molecular formula is C21H18F3N7O2S. The van der Waals surface area contributed by atoms with Crippen molar-refractivity contribution in [3.05, 3.63) is 54.1 Å². The Morgan fingerprint density at radius 1 is 1.32 bits per heavy atom. The summed E-state index contributed by atoms with van der Waals surface area (Å²) in [6.07, 6.45) is 2.54. The number of hydrogen-bond acceptors (Lipinski definition) is 7. The Morgan fingerprint density at radius 3 is 2.88 bits per heavy atom. The predicted octanol–water partition coefficient (Wildman–Crippen LogP) is 4.33. The Labute approximate surface area is 195 Å². The minimum atomic E-state index is -4.35. The summed E-state index contributed by atoms with van der Waals surface area (Å²) in [5.74, 6) is -0.414. The number of thiazole rings is 1. The number of amides is 1. The Balaban J connectivity index is 1.33. The molecule has 0 aromatic carbocycles. The first-order valence-corrected chi connectivity index (χ1v) is 11.2. The highest BCUT2D eigenvalue weighted by atomic mass is 32.1. The Hall–Kier alpha value is -3.58. The lowest BCUT2D eigenvalue weighted by atomic mass is 9.89. The van der Waals surface area contributed by atoms with Crippen LogP contribution in [0.25, 0.3) is 22.0 Å². The number of alkyl halides is 3. The van der Waals surface area contributed by atoms with Gasteiger partial charge in [0.2, 0.25) is 0 Å². The number of aromatic amines is 1. The van der Waals surface area contributed by atoms with E-state index in [1.54, 1.807) is 53.0 Å². The van der Waals surface area contributed by atoms with Gasteiger partial charge in [-0.25, -0.2) is 4.98 Å². The maximum Gasteiger partial charge on any atom is 0.411 e. The molecule has 2 N–H and O–H groups in total. The molecule has 13 heteroatoms. The van der Waals surface area contributed by atoms with E-state index in [0.717, 1.165) is 5.56 Å². The number of nitrogens with one attached hydrogen (secondary N) is 2. The van der Waals surface area contributed by atoms with Crippen LogP contribution in [0.4, 0.5) is 18.9 Å². The van der Waals surface area contributed by atoms with E-state index in [0.29, 0.717) is 34.9 Å². The Bertz CT molecular complexity index is 1270. The highest BCUT2D eigenvalue weighted by Crippen LogP contribution is 2.37. The minimum Gasteiger partial charge on any atom is -0.369 e. The first-order chi connectivity index (χ1) is 16.4. The van der Waals surface area contributed by atoms with Gasteiger partial charge in [-0.3, -0.25) is 19.6 Å². The van der Waals surface area contributed by atoms with Crippen molar-refractivity contribution in [2.24, 2.45) is 0 Å². The molecule has 0 aliphatic heterocycles. The van der Waals surface area contributed by atoms with Crippen LogP contribution in [0.3, 0.4) is 0 Å². The van der Waals surface area contributed by atoms with Crippen molar-refractivity contribution in [1.82, 2.24) is 29.9 Å². The molecule has 1 amide bonds. The van der Waals surface area contributed by atoms with Crippen LogP contribution in [0.2, 0.25) is 0 Å². The first-order valence-electron chi connectivity index (χ1n) is 10.3. The fourth-order valence-corrected chi connectivity index (χ4v) is 4.31. The number of hydrogen-bond donors (Lipinski definition) is 2. The molecule has 1 aliphatic rings. The van der Waals surface area contributed by atoms with Gasteiger partial charge >= 0.3 is 6.18 Å². The average molecular weight is 489 g/mol. The van der Waals surface area contributed by atoms with Gasteiger partial charge in [-0.05, 0) is 25.0 Å². The molecule has 9 nitrogen and oxygen atoms in total.